The van der Waals surface area contributed by atoms with Gasteiger partial charge < -0.3 is 18.9 Å². The molecule has 1 unspecified atom stereocenters. The number of benzene rings is 3. The molecule has 0 saturated carbocycles. The summed E-state index contributed by atoms with van der Waals surface area (Å²) in [6.07, 6.45) is 1.33. The molecule has 0 N–H and O–H groups in total. The van der Waals surface area contributed by atoms with Gasteiger partial charge in [-0.25, -0.2) is 8.42 Å². The number of sulfone groups is 1. The Balaban J connectivity index is 1.90. The summed E-state index contributed by atoms with van der Waals surface area (Å²) in [5.41, 5.74) is 1.32. The maximum atomic E-state index is 13.8. The zero-order valence-electron chi connectivity index (χ0n) is 19.7. The van der Waals surface area contributed by atoms with Crippen molar-refractivity contribution in [3.05, 3.63) is 82.8 Å². The van der Waals surface area contributed by atoms with Crippen molar-refractivity contribution in [2.75, 3.05) is 33.3 Å². The smallest absolute Gasteiger partial charge is 0.271 e. The number of methoxy groups -OCH3 is 4. The fourth-order valence-corrected chi connectivity index (χ4v) is 5.92. The molecule has 4 rings (SSSR count). The van der Waals surface area contributed by atoms with E-state index in [2.05, 4.69) is 0 Å². The molecular formula is C26H25NO7S. The lowest BCUT2D eigenvalue weighted by Crippen LogP contribution is -2.28. The molecule has 1 aliphatic rings. The summed E-state index contributed by atoms with van der Waals surface area (Å²) in [4.78, 5) is 14.6. The van der Waals surface area contributed by atoms with Crippen LogP contribution in [0.1, 0.15) is 16.5 Å². The number of nitrogens with zero attached hydrogens (tertiary/aromatic N) is 1. The van der Waals surface area contributed by atoms with Gasteiger partial charge in [0, 0.05) is 5.69 Å². The fraction of sp³-hybridized carbons (Fsp3) is 0.192. The molecule has 0 bridgehead atoms. The van der Waals surface area contributed by atoms with Crippen LogP contribution in [0, 0.1) is 0 Å². The monoisotopic (exact) mass is 495 g/mol. The van der Waals surface area contributed by atoms with Gasteiger partial charge in [0.25, 0.3) is 5.91 Å². The first-order valence-electron chi connectivity index (χ1n) is 10.6. The summed E-state index contributed by atoms with van der Waals surface area (Å²) in [5, 5.41) is -1.22. The molecule has 1 heterocycles. The minimum Gasteiger partial charge on any atom is -0.497 e. The number of carbonyl (C=O) groups excluding carboxylic acids is 1. The highest BCUT2D eigenvalue weighted by atomic mass is 32.2. The van der Waals surface area contributed by atoms with Crippen molar-refractivity contribution in [2.45, 2.75) is 5.37 Å². The normalized spacial score (nSPS) is 17.9. The summed E-state index contributed by atoms with van der Waals surface area (Å²) in [7, 11) is 1.82. The van der Waals surface area contributed by atoms with E-state index < -0.39 is 21.1 Å². The van der Waals surface area contributed by atoms with Gasteiger partial charge in [-0.05, 0) is 53.6 Å². The topological polar surface area (TPSA) is 91.4 Å². The van der Waals surface area contributed by atoms with E-state index in [4.69, 9.17) is 18.9 Å². The second kappa shape index (κ2) is 9.71. The van der Waals surface area contributed by atoms with E-state index in [1.165, 1.54) is 39.4 Å². The Kier molecular flexibility index (Phi) is 6.70. The van der Waals surface area contributed by atoms with Crippen LogP contribution in [0.25, 0.3) is 6.08 Å². The summed E-state index contributed by atoms with van der Waals surface area (Å²) >= 11 is 0. The molecule has 182 valence electrons. The van der Waals surface area contributed by atoms with Crippen molar-refractivity contribution in [3.63, 3.8) is 0 Å². The van der Waals surface area contributed by atoms with E-state index in [0.29, 0.717) is 39.8 Å². The number of carbonyl (C=O) groups is 1. The third-order valence-electron chi connectivity index (χ3n) is 5.68. The molecule has 3 aromatic carbocycles. The molecule has 35 heavy (non-hydrogen) atoms. The summed E-state index contributed by atoms with van der Waals surface area (Å²) in [6.45, 7) is 0. The molecule has 0 spiro atoms. The summed E-state index contributed by atoms with van der Waals surface area (Å²) in [5.74, 6) is 0.992. The van der Waals surface area contributed by atoms with Crippen molar-refractivity contribution < 1.29 is 32.2 Å². The van der Waals surface area contributed by atoms with E-state index >= 15 is 0 Å². The number of hydrogen-bond acceptors (Lipinski definition) is 7. The lowest BCUT2D eigenvalue weighted by atomic mass is 10.1. The Morgan fingerprint density at radius 1 is 0.800 bits per heavy atom. The highest BCUT2D eigenvalue weighted by Crippen LogP contribution is 2.45. The molecule has 0 aliphatic carbocycles. The molecular weight excluding hydrogens is 470 g/mol. The van der Waals surface area contributed by atoms with Crippen LogP contribution in [0.15, 0.2) is 71.6 Å². The van der Waals surface area contributed by atoms with E-state index in [1.807, 2.05) is 0 Å². The van der Waals surface area contributed by atoms with Gasteiger partial charge in [-0.2, -0.15) is 0 Å². The van der Waals surface area contributed by atoms with Crippen molar-refractivity contribution in [1.82, 2.24) is 0 Å². The summed E-state index contributed by atoms with van der Waals surface area (Å²) < 4.78 is 48.9. The van der Waals surface area contributed by atoms with Gasteiger partial charge in [-0.15, -0.1) is 0 Å². The van der Waals surface area contributed by atoms with Gasteiger partial charge in [0.1, 0.15) is 10.7 Å². The van der Waals surface area contributed by atoms with Crippen LogP contribution in [-0.2, 0) is 14.6 Å². The number of ether oxygens (including phenoxy) is 4. The first-order valence-corrected chi connectivity index (χ1v) is 12.2. The zero-order valence-corrected chi connectivity index (χ0v) is 20.5. The first kappa shape index (κ1) is 24.2. The Bertz CT molecular complexity index is 1340. The molecule has 0 radical (unpaired) electrons. The predicted molar refractivity (Wildman–Crippen MR) is 133 cm³/mol. The molecule has 1 aliphatic heterocycles. The average molecular weight is 496 g/mol. The standard InChI is InChI=1S/C26H25NO7S/c1-31-20-12-10-19(11-13-20)27-25(28)23(35(29,30)26(27)18-8-6-5-7-9-18)16-17-14-21(32-2)24(34-4)22(15-17)33-3/h5-16,26H,1-4H3/b23-16-. The fourth-order valence-electron chi connectivity index (χ4n) is 4.03. The molecule has 1 atom stereocenters. The van der Waals surface area contributed by atoms with Gasteiger partial charge in [0.2, 0.25) is 15.6 Å². The van der Waals surface area contributed by atoms with Crippen LogP contribution in [0.3, 0.4) is 0 Å². The van der Waals surface area contributed by atoms with Gasteiger partial charge >= 0.3 is 0 Å². The lowest BCUT2D eigenvalue weighted by molar-refractivity contribution is -0.114. The van der Waals surface area contributed by atoms with Crippen molar-refractivity contribution >= 4 is 27.5 Å². The minimum absolute atomic E-state index is 0.337. The van der Waals surface area contributed by atoms with E-state index in [0.717, 1.165) is 0 Å². The Morgan fingerprint density at radius 3 is 1.91 bits per heavy atom. The maximum Gasteiger partial charge on any atom is 0.271 e. The highest BCUT2D eigenvalue weighted by molar-refractivity contribution is 7.97. The van der Waals surface area contributed by atoms with Crippen molar-refractivity contribution in [3.8, 4) is 23.0 Å². The van der Waals surface area contributed by atoms with Crippen LogP contribution in [0.4, 0.5) is 5.69 Å². The van der Waals surface area contributed by atoms with Gasteiger partial charge in [0.15, 0.2) is 16.9 Å². The molecule has 1 saturated heterocycles. The number of anilines is 1. The van der Waals surface area contributed by atoms with Crippen LogP contribution in [0.2, 0.25) is 0 Å². The Labute approximate surface area is 204 Å². The molecule has 0 aromatic heterocycles. The maximum absolute atomic E-state index is 13.8. The first-order chi connectivity index (χ1) is 16.8. The van der Waals surface area contributed by atoms with Gasteiger partial charge in [-0.1, -0.05) is 30.3 Å². The number of hydrogen-bond donors (Lipinski definition) is 0. The lowest BCUT2D eigenvalue weighted by Gasteiger charge is -2.23. The van der Waals surface area contributed by atoms with Crippen LogP contribution in [-0.4, -0.2) is 42.8 Å². The average Bonchev–Trinajstić information content (AvgIpc) is 3.08. The number of rotatable bonds is 7. The second-order valence-corrected chi connectivity index (χ2v) is 9.62. The minimum atomic E-state index is -4.10. The zero-order chi connectivity index (χ0) is 25.2. The molecule has 3 aromatic rings. The summed E-state index contributed by atoms with van der Waals surface area (Å²) in [6, 6.07) is 18.5. The molecule has 8 nitrogen and oxygen atoms in total. The van der Waals surface area contributed by atoms with Gasteiger partial charge in [-0.3, -0.25) is 9.69 Å². The Morgan fingerprint density at radius 2 is 1.40 bits per heavy atom. The van der Waals surface area contributed by atoms with Crippen LogP contribution < -0.4 is 23.8 Å². The molecule has 1 fully saturated rings. The highest BCUT2D eigenvalue weighted by Gasteiger charge is 2.50. The third-order valence-corrected chi connectivity index (χ3v) is 7.66. The van der Waals surface area contributed by atoms with Crippen LogP contribution >= 0.6 is 0 Å². The second-order valence-electron chi connectivity index (χ2n) is 7.65. The molecule has 9 heteroatoms. The Hall–Kier alpha value is -3.98. The largest absolute Gasteiger partial charge is 0.497 e. The van der Waals surface area contributed by atoms with Crippen molar-refractivity contribution in [1.29, 1.82) is 0 Å². The van der Waals surface area contributed by atoms with E-state index in [9.17, 15) is 13.2 Å². The van der Waals surface area contributed by atoms with Crippen molar-refractivity contribution in [2.24, 2.45) is 0 Å². The molecule has 1 amide bonds. The SMILES string of the molecule is COc1ccc(N2C(=O)/C(=C/c3cc(OC)c(OC)c(OC)c3)S(=O)(=O)C2c2ccccc2)cc1. The van der Waals surface area contributed by atoms with Gasteiger partial charge in [0.05, 0.1) is 28.4 Å². The third kappa shape index (κ3) is 4.30. The number of amides is 1. The quantitative estimate of drug-likeness (QED) is 0.453. The predicted octanol–water partition coefficient (Wildman–Crippen LogP) is 4.22. The van der Waals surface area contributed by atoms with Crippen LogP contribution in [0.5, 0.6) is 23.0 Å². The van der Waals surface area contributed by atoms with E-state index in [1.54, 1.807) is 66.7 Å². The van der Waals surface area contributed by atoms with E-state index in [-0.39, 0.29) is 4.91 Å².